The normalized spacial score (nSPS) is 31.9. The van der Waals surface area contributed by atoms with Crippen LogP contribution in [0.3, 0.4) is 0 Å². The first kappa shape index (κ1) is 17.2. The van der Waals surface area contributed by atoms with Gasteiger partial charge in [0.2, 0.25) is 11.8 Å². The van der Waals surface area contributed by atoms with Crippen molar-refractivity contribution in [1.82, 2.24) is 15.4 Å². The van der Waals surface area contributed by atoms with Crippen LogP contribution in [0.4, 0.5) is 5.82 Å². The van der Waals surface area contributed by atoms with Gasteiger partial charge in [-0.2, -0.15) is 0 Å². The summed E-state index contributed by atoms with van der Waals surface area (Å²) < 4.78 is 11.2. The Morgan fingerprint density at radius 2 is 2.31 bits per heavy atom. The van der Waals surface area contributed by atoms with E-state index in [9.17, 15) is 9.59 Å². The highest BCUT2D eigenvalue weighted by atomic mass is 16.5. The van der Waals surface area contributed by atoms with Crippen molar-refractivity contribution in [3.63, 3.8) is 0 Å². The smallest absolute Gasteiger partial charge is 0.235 e. The van der Waals surface area contributed by atoms with Crippen molar-refractivity contribution in [3.05, 3.63) is 24.0 Å². The second kappa shape index (κ2) is 6.21. The van der Waals surface area contributed by atoms with Crippen LogP contribution in [0.15, 0.2) is 22.7 Å². The Bertz CT molecular complexity index is 758. The van der Waals surface area contributed by atoms with Crippen molar-refractivity contribution in [3.8, 4) is 0 Å². The van der Waals surface area contributed by atoms with Crippen LogP contribution >= 0.6 is 0 Å². The maximum absolute atomic E-state index is 13.1. The molecule has 8 heteroatoms. The van der Waals surface area contributed by atoms with E-state index in [0.29, 0.717) is 24.7 Å². The van der Waals surface area contributed by atoms with E-state index in [2.05, 4.69) is 15.4 Å². The fourth-order valence-corrected chi connectivity index (χ4v) is 4.20. The number of rotatable bonds is 6. The highest BCUT2D eigenvalue weighted by molar-refractivity contribution is 6.02. The number of aryl methyl sites for hydroxylation is 1. The van der Waals surface area contributed by atoms with Crippen molar-refractivity contribution in [2.75, 3.05) is 38.6 Å². The fraction of sp³-hybridized carbons (Fsp3) is 0.611. The predicted molar refractivity (Wildman–Crippen MR) is 93.5 cm³/mol. The maximum Gasteiger partial charge on any atom is 0.235 e. The number of hydrogen-bond donors (Lipinski definition) is 1. The number of carbonyl (C=O) groups excluding carboxylic acids is 2. The van der Waals surface area contributed by atoms with Crippen molar-refractivity contribution >= 4 is 17.6 Å². The molecule has 2 saturated heterocycles. The van der Waals surface area contributed by atoms with Gasteiger partial charge in [-0.25, -0.2) is 0 Å². The van der Waals surface area contributed by atoms with Gasteiger partial charge < -0.3 is 19.5 Å². The number of ether oxygens (including phenoxy) is 1. The predicted octanol–water partition coefficient (Wildman–Crippen LogP) is 0.337. The third-order valence-corrected chi connectivity index (χ3v) is 5.38. The Labute approximate surface area is 152 Å². The van der Waals surface area contributed by atoms with Crippen LogP contribution in [0.5, 0.6) is 0 Å². The van der Waals surface area contributed by atoms with Crippen LogP contribution in [0, 0.1) is 18.8 Å². The van der Waals surface area contributed by atoms with Crippen LogP contribution in [0.1, 0.15) is 12.2 Å². The third-order valence-electron chi connectivity index (χ3n) is 5.38. The van der Waals surface area contributed by atoms with Gasteiger partial charge >= 0.3 is 0 Å². The quantitative estimate of drug-likeness (QED) is 0.581. The molecule has 2 bridgehead atoms. The number of nitrogens with one attached hydrogen (secondary N) is 1. The van der Waals surface area contributed by atoms with Gasteiger partial charge in [-0.15, -0.1) is 0 Å². The SMILES string of the molecule is Cc1cc(N2C[C@@]34C=C[C@@H](O3)[C@H](C(=O)NCCCN(C)C)[C@@H]4C2=O)no1. The number of hydrogen-bond acceptors (Lipinski definition) is 6. The Morgan fingerprint density at radius 3 is 3.00 bits per heavy atom. The second-order valence-electron chi connectivity index (χ2n) is 7.57. The Balaban J connectivity index is 1.49. The lowest BCUT2D eigenvalue weighted by molar-refractivity contribution is -0.131. The van der Waals surface area contributed by atoms with Gasteiger partial charge in [0.05, 0.1) is 24.5 Å². The maximum atomic E-state index is 13.1. The van der Waals surface area contributed by atoms with Crippen LogP contribution in [-0.4, -0.2) is 67.3 Å². The molecule has 26 heavy (non-hydrogen) atoms. The van der Waals surface area contributed by atoms with Crippen LogP contribution in [0.2, 0.25) is 0 Å². The van der Waals surface area contributed by atoms with E-state index in [4.69, 9.17) is 9.26 Å². The van der Waals surface area contributed by atoms with E-state index in [1.54, 1.807) is 17.9 Å². The largest absolute Gasteiger partial charge is 0.360 e. The first-order chi connectivity index (χ1) is 12.4. The van der Waals surface area contributed by atoms with E-state index in [1.807, 2.05) is 26.2 Å². The summed E-state index contributed by atoms with van der Waals surface area (Å²) in [5.41, 5.74) is -0.736. The number of nitrogens with zero attached hydrogens (tertiary/aromatic N) is 3. The van der Waals surface area contributed by atoms with Gasteiger partial charge in [-0.1, -0.05) is 17.3 Å². The molecule has 1 aromatic heterocycles. The van der Waals surface area contributed by atoms with Crippen molar-refractivity contribution in [2.24, 2.45) is 11.8 Å². The average molecular weight is 360 g/mol. The lowest BCUT2D eigenvalue weighted by Gasteiger charge is -2.23. The van der Waals surface area contributed by atoms with Crippen molar-refractivity contribution < 1.29 is 18.8 Å². The monoisotopic (exact) mass is 360 g/mol. The average Bonchev–Trinajstić information content (AvgIpc) is 3.32. The summed E-state index contributed by atoms with van der Waals surface area (Å²) in [6.45, 7) is 3.63. The van der Waals surface area contributed by atoms with Crippen molar-refractivity contribution in [1.29, 1.82) is 0 Å². The molecule has 2 fully saturated rings. The lowest BCUT2D eigenvalue weighted by atomic mass is 9.77. The number of carbonyl (C=O) groups is 2. The molecule has 8 nitrogen and oxygen atoms in total. The summed E-state index contributed by atoms with van der Waals surface area (Å²) in [4.78, 5) is 29.5. The van der Waals surface area contributed by atoms with Gasteiger partial charge in [-0.05, 0) is 34.0 Å². The summed E-state index contributed by atoms with van der Waals surface area (Å²) >= 11 is 0. The summed E-state index contributed by atoms with van der Waals surface area (Å²) in [5, 5.41) is 6.92. The second-order valence-corrected chi connectivity index (χ2v) is 7.57. The highest BCUT2D eigenvalue weighted by Gasteiger charge is 2.67. The Kier molecular flexibility index (Phi) is 4.11. The Morgan fingerprint density at radius 1 is 1.50 bits per heavy atom. The molecule has 0 unspecified atom stereocenters. The zero-order chi connectivity index (χ0) is 18.5. The minimum Gasteiger partial charge on any atom is -0.360 e. The number of anilines is 1. The minimum absolute atomic E-state index is 0.114. The van der Waals surface area contributed by atoms with E-state index in [-0.39, 0.29) is 17.9 Å². The number of aromatic nitrogens is 1. The highest BCUT2D eigenvalue weighted by Crippen LogP contribution is 2.52. The van der Waals surface area contributed by atoms with Gasteiger partial charge in [0, 0.05) is 12.6 Å². The van der Waals surface area contributed by atoms with E-state index in [1.165, 1.54) is 0 Å². The molecule has 0 saturated carbocycles. The topological polar surface area (TPSA) is 87.9 Å². The molecule has 4 heterocycles. The molecule has 4 atom stereocenters. The molecule has 2 amide bonds. The number of fused-ring (bicyclic) bond motifs is 1. The first-order valence-electron chi connectivity index (χ1n) is 8.95. The zero-order valence-electron chi connectivity index (χ0n) is 15.3. The first-order valence-corrected chi connectivity index (χ1v) is 8.95. The van der Waals surface area contributed by atoms with Gasteiger partial charge in [0.15, 0.2) is 5.82 Å². The fourth-order valence-electron chi connectivity index (χ4n) is 4.20. The molecule has 1 spiro atoms. The molecule has 3 aliphatic heterocycles. The van der Waals surface area contributed by atoms with Crippen LogP contribution < -0.4 is 10.2 Å². The van der Waals surface area contributed by atoms with E-state index >= 15 is 0 Å². The Hall–Kier alpha value is -2.19. The van der Waals surface area contributed by atoms with Crippen LogP contribution in [-0.2, 0) is 14.3 Å². The summed E-state index contributed by atoms with van der Waals surface area (Å²) in [7, 11) is 4.00. The summed E-state index contributed by atoms with van der Waals surface area (Å²) in [6, 6.07) is 1.72. The molecule has 0 radical (unpaired) electrons. The molecule has 0 aliphatic carbocycles. The molecule has 0 aromatic carbocycles. The molecule has 1 N–H and O–H groups in total. The molecular weight excluding hydrogens is 336 g/mol. The van der Waals surface area contributed by atoms with E-state index < -0.39 is 17.4 Å². The molecule has 140 valence electrons. The van der Waals surface area contributed by atoms with Gasteiger partial charge in [0.25, 0.3) is 0 Å². The summed E-state index contributed by atoms with van der Waals surface area (Å²) in [5.74, 6) is -0.136. The summed E-state index contributed by atoms with van der Waals surface area (Å²) in [6.07, 6.45) is 4.37. The molecule has 4 rings (SSSR count). The van der Waals surface area contributed by atoms with Crippen molar-refractivity contribution in [2.45, 2.75) is 25.0 Å². The molecule has 1 aromatic rings. The van der Waals surface area contributed by atoms with E-state index in [0.717, 1.165) is 13.0 Å². The lowest BCUT2D eigenvalue weighted by Crippen LogP contribution is -2.44. The molecule has 3 aliphatic rings. The standard InChI is InChI=1S/C18H24N4O4/c1-11-9-13(20-26-11)22-10-18-6-5-12(25-18)14(15(18)17(22)24)16(23)19-7-4-8-21(2)3/h5-6,9,12,14-15H,4,7-8,10H2,1-3H3,(H,19,23)/t12-,14+,15-,18-/m1/s1. The van der Waals surface area contributed by atoms with Gasteiger partial charge in [0.1, 0.15) is 11.4 Å². The number of amides is 2. The zero-order valence-corrected chi connectivity index (χ0v) is 15.3. The third kappa shape index (κ3) is 2.64. The minimum atomic E-state index is -0.736. The molecular formula is C18H24N4O4. The van der Waals surface area contributed by atoms with Crippen LogP contribution in [0.25, 0.3) is 0 Å². The van der Waals surface area contributed by atoms with Gasteiger partial charge in [-0.3, -0.25) is 14.5 Å².